The summed E-state index contributed by atoms with van der Waals surface area (Å²) in [5.41, 5.74) is 2.34. The van der Waals surface area contributed by atoms with Crippen LogP contribution in [-0.4, -0.2) is 30.8 Å². The Morgan fingerprint density at radius 3 is 2.88 bits per heavy atom. The molecule has 3 aromatic rings. The summed E-state index contributed by atoms with van der Waals surface area (Å²) in [4.78, 5) is 15.0. The van der Waals surface area contributed by atoms with E-state index in [1.807, 2.05) is 0 Å². The van der Waals surface area contributed by atoms with Crippen LogP contribution in [0.5, 0.6) is 0 Å². The zero-order valence-electron chi connectivity index (χ0n) is 12.8. The fourth-order valence-electron chi connectivity index (χ4n) is 2.35. The van der Waals surface area contributed by atoms with Crippen LogP contribution in [-0.2, 0) is 6.42 Å². The smallest absolute Gasteiger partial charge is 0.540 e. The molecule has 24 heavy (non-hydrogen) atoms. The van der Waals surface area contributed by atoms with Gasteiger partial charge in [-0.1, -0.05) is 0 Å². The van der Waals surface area contributed by atoms with Crippen molar-refractivity contribution in [3.63, 3.8) is 0 Å². The van der Waals surface area contributed by atoms with Gasteiger partial charge < -0.3 is 14.3 Å². The molecule has 1 aliphatic carbocycles. The van der Waals surface area contributed by atoms with Gasteiger partial charge in [-0.05, 0) is 18.9 Å². The van der Waals surface area contributed by atoms with Crippen molar-refractivity contribution in [2.45, 2.75) is 25.2 Å². The molecule has 0 atom stereocenters. The van der Waals surface area contributed by atoms with E-state index in [1.165, 1.54) is 0 Å². The third-order valence-electron chi connectivity index (χ3n) is 3.58. The number of nitrogens with zero attached hydrogens (tertiary/aromatic N) is 6. The second-order valence-electron chi connectivity index (χ2n) is 5.33. The van der Waals surface area contributed by atoms with Crippen LogP contribution in [0.4, 0.5) is 0 Å². The van der Waals surface area contributed by atoms with Crippen molar-refractivity contribution in [2.24, 2.45) is 0 Å². The molecule has 1 saturated carbocycles. The number of carboxylic acids is 1. The molecule has 1 aliphatic rings. The number of hydrogen-bond donors (Lipinski definition) is 0. The molecule has 0 aromatic carbocycles. The van der Waals surface area contributed by atoms with Crippen molar-refractivity contribution < 1.29 is 33.2 Å². The number of aromatic carboxylic acids is 1. The summed E-state index contributed by atoms with van der Waals surface area (Å²) < 4.78 is 6.52. The van der Waals surface area contributed by atoms with Gasteiger partial charge in [-0.2, -0.15) is 10.4 Å². The summed E-state index contributed by atoms with van der Waals surface area (Å²) >= 11 is 0. The minimum Gasteiger partial charge on any atom is -0.540 e. The quantitative estimate of drug-likeness (QED) is 0.460. The fourth-order valence-corrected chi connectivity index (χ4v) is 2.35. The number of hydrogen-bond acceptors (Lipinski definition) is 8. The first-order chi connectivity index (χ1) is 11.1. The molecule has 4 rings (SSSR count). The van der Waals surface area contributed by atoms with Crippen LogP contribution >= 0.6 is 0 Å². The molecule has 0 spiro atoms. The Kier molecular flexibility index (Phi) is 4.10. The third kappa shape index (κ3) is 2.89. The van der Waals surface area contributed by atoms with Crippen LogP contribution in [0.25, 0.3) is 5.65 Å². The van der Waals surface area contributed by atoms with Gasteiger partial charge in [0.25, 0.3) is 5.89 Å². The summed E-state index contributed by atoms with van der Waals surface area (Å²) in [7, 11) is 0. The predicted molar refractivity (Wildman–Crippen MR) is 71.1 cm³/mol. The number of nitriles is 1. The minimum atomic E-state index is -1.53. The SMILES string of the molecule is N#Cc1cc(C2CC2)nn2cc(Cc3nnc(C(=O)[O-])o3)nc12.[Li+]. The van der Waals surface area contributed by atoms with E-state index in [9.17, 15) is 15.2 Å². The first kappa shape index (κ1) is 16.2. The van der Waals surface area contributed by atoms with Crippen molar-refractivity contribution in [3.8, 4) is 6.07 Å². The number of aromatic nitrogens is 5. The van der Waals surface area contributed by atoms with Crippen LogP contribution in [0.3, 0.4) is 0 Å². The van der Waals surface area contributed by atoms with E-state index in [0.29, 0.717) is 22.8 Å². The maximum Gasteiger partial charge on any atom is 1.00 e. The Hall–Kier alpha value is -2.68. The number of fused-ring (bicyclic) bond motifs is 1. The zero-order valence-corrected chi connectivity index (χ0v) is 12.8. The Balaban J connectivity index is 0.00000169. The molecule has 114 valence electrons. The maximum absolute atomic E-state index is 10.6. The van der Waals surface area contributed by atoms with Crippen molar-refractivity contribution in [1.82, 2.24) is 24.8 Å². The van der Waals surface area contributed by atoms with Crippen LogP contribution in [0, 0.1) is 11.3 Å². The van der Waals surface area contributed by atoms with E-state index >= 15 is 0 Å². The average molecular weight is 316 g/mol. The largest absolute Gasteiger partial charge is 1.00 e. The zero-order chi connectivity index (χ0) is 16.0. The van der Waals surface area contributed by atoms with Crippen LogP contribution in [0.15, 0.2) is 16.7 Å². The Morgan fingerprint density at radius 1 is 1.46 bits per heavy atom. The second-order valence-corrected chi connectivity index (χ2v) is 5.33. The minimum absolute atomic E-state index is 0. The Bertz CT molecular complexity index is 969. The monoisotopic (exact) mass is 316 g/mol. The molecule has 10 heteroatoms. The van der Waals surface area contributed by atoms with E-state index in [0.717, 1.165) is 18.5 Å². The van der Waals surface area contributed by atoms with Crippen molar-refractivity contribution >= 4 is 11.6 Å². The summed E-state index contributed by atoms with van der Waals surface area (Å²) in [5.74, 6) is -1.58. The molecule has 0 unspecified atom stereocenters. The number of carbonyl (C=O) groups excluding carboxylic acids is 1. The second kappa shape index (κ2) is 6.08. The molecule has 0 radical (unpaired) electrons. The van der Waals surface area contributed by atoms with Crippen LogP contribution in [0.1, 0.15) is 52.3 Å². The average Bonchev–Trinajstić information content (AvgIpc) is 3.14. The van der Waals surface area contributed by atoms with E-state index in [-0.39, 0.29) is 31.2 Å². The van der Waals surface area contributed by atoms with Crippen molar-refractivity contribution in [3.05, 3.63) is 41.0 Å². The Morgan fingerprint density at radius 2 is 2.25 bits per heavy atom. The van der Waals surface area contributed by atoms with Gasteiger partial charge in [0, 0.05) is 5.92 Å². The van der Waals surface area contributed by atoms with Gasteiger partial charge >= 0.3 is 18.9 Å². The standard InChI is InChI=1S/C14H10N6O3.Li/c15-5-8-3-10(7-1-2-7)19-20-6-9(16-12(8)20)4-11-17-18-13(23-11)14(21)22;/h3,6-7H,1-2,4H2,(H,21,22);/q;+1/p-1. The molecular weight excluding hydrogens is 307 g/mol. The molecule has 0 saturated heterocycles. The number of rotatable bonds is 4. The van der Waals surface area contributed by atoms with E-state index < -0.39 is 11.9 Å². The van der Waals surface area contributed by atoms with Gasteiger partial charge in [0.2, 0.25) is 5.89 Å². The number of carboxylic acid groups (broad SMARTS) is 1. The van der Waals surface area contributed by atoms with Crippen molar-refractivity contribution in [1.29, 1.82) is 5.26 Å². The molecular formula is C14H9LiN6O3. The van der Waals surface area contributed by atoms with Gasteiger partial charge in [-0.3, -0.25) is 0 Å². The summed E-state index contributed by atoms with van der Waals surface area (Å²) in [6, 6.07) is 3.90. The van der Waals surface area contributed by atoms with Gasteiger partial charge in [0.1, 0.15) is 12.0 Å². The fraction of sp³-hybridized carbons (Fsp3) is 0.286. The summed E-state index contributed by atoms with van der Waals surface area (Å²) in [6.45, 7) is 0. The Labute approximate surface area is 147 Å². The first-order valence-electron chi connectivity index (χ1n) is 6.97. The van der Waals surface area contributed by atoms with Gasteiger partial charge in [0.05, 0.1) is 29.6 Å². The topological polar surface area (TPSA) is 133 Å². The van der Waals surface area contributed by atoms with E-state index in [1.54, 1.807) is 16.8 Å². The van der Waals surface area contributed by atoms with Crippen molar-refractivity contribution in [2.75, 3.05) is 0 Å². The molecule has 9 nitrogen and oxygen atoms in total. The summed E-state index contributed by atoms with van der Waals surface area (Å²) in [6.07, 6.45) is 3.98. The first-order valence-corrected chi connectivity index (χ1v) is 6.97. The number of carbonyl (C=O) groups is 1. The molecule has 0 N–H and O–H groups in total. The maximum atomic E-state index is 10.6. The molecule has 3 heterocycles. The molecule has 0 amide bonds. The van der Waals surface area contributed by atoms with E-state index in [2.05, 4.69) is 26.3 Å². The predicted octanol–water partition coefficient (Wildman–Crippen LogP) is -3.18. The van der Waals surface area contributed by atoms with E-state index in [4.69, 9.17) is 4.42 Å². The molecule has 0 bridgehead atoms. The number of imidazole rings is 1. The van der Waals surface area contributed by atoms with Gasteiger partial charge in [-0.15, -0.1) is 10.2 Å². The van der Waals surface area contributed by atoms with Gasteiger partial charge in [0.15, 0.2) is 5.65 Å². The normalized spacial score (nSPS) is 13.5. The van der Waals surface area contributed by atoms with Crippen LogP contribution in [0.2, 0.25) is 0 Å². The van der Waals surface area contributed by atoms with Gasteiger partial charge in [-0.25, -0.2) is 9.50 Å². The molecule has 0 aliphatic heterocycles. The van der Waals surface area contributed by atoms with Crippen LogP contribution < -0.4 is 24.0 Å². The molecule has 1 fully saturated rings. The third-order valence-corrected chi connectivity index (χ3v) is 3.58. The molecule has 3 aromatic heterocycles. The summed E-state index contributed by atoms with van der Waals surface area (Å²) in [5, 5.41) is 31.4.